The van der Waals surface area contributed by atoms with Crippen molar-refractivity contribution in [1.29, 1.82) is 0 Å². The highest BCUT2D eigenvalue weighted by atomic mass is 31.2. The Morgan fingerprint density at radius 3 is 0.826 bits per heavy atom. The van der Waals surface area contributed by atoms with Crippen molar-refractivity contribution in [2.75, 3.05) is 39.6 Å². The minimum atomic E-state index is -4.95. The molecule has 0 aliphatic heterocycles. The van der Waals surface area contributed by atoms with E-state index in [2.05, 4.69) is 48.5 Å². The number of rotatable bonds is 71. The number of unbranched alkanes of at least 4 members (excludes halogenated alkanes) is 37. The second-order valence-electron chi connectivity index (χ2n) is 27.3. The third kappa shape index (κ3) is 64.1. The third-order valence-electron chi connectivity index (χ3n) is 17.6. The molecule has 0 aromatic carbocycles. The van der Waals surface area contributed by atoms with Gasteiger partial charge in [-0.1, -0.05) is 318 Å². The predicted octanol–water partition coefficient (Wildman–Crippen LogP) is 21.0. The standard InChI is InChI=1S/C73H142O17P2/c1-8-11-12-13-30-40-47-54-70(75)83-60-68(90-73(78)57-50-43-36-29-28-33-39-46-53-66(7)10-3)62-87-91(79,80)85-58-67(74)59-86-92(81,82)88-63-69(61-84-71(76)55-48-41-34-26-22-19-18-20-24-31-37-44-51-64(4)5)89-72(77)56-49-42-35-27-23-17-15-14-16-21-25-32-38-45-52-65(6)9-2/h64-69,74H,8-63H2,1-7H3,(H,79,80)(H,81,82)/t65?,66?,67-,68+,69+/m0/s1. The summed E-state index contributed by atoms with van der Waals surface area (Å²) >= 11 is 0. The summed E-state index contributed by atoms with van der Waals surface area (Å²) in [7, 11) is -9.90. The zero-order valence-corrected chi connectivity index (χ0v) is 61.8. The van der Waals surface area contributed by atoms with E-state index >= 15 is 0 Å². The van der Waals surface area contributed by atoms with Crippen molar-refractivity contribution in [2.45, 2.75) is 388 Å². The molecule has 0 aliphatic rings. The second-order valence-corrected chi connectivity index (χ2v) is 30.2. The molecular formula is C73H142O17P2. The van der Waals surface area contributed by atoms with Gasteiger partial charge in [-0.25, -0.2) is 9.13 Å². The molecule has 3 N–H and O–H groups in total. The average molecular weight is 1350 g/mol. The van der Waals surface area contributed by atoms with Gasteiger partial charge in [0, 0.05) is 25.7 Å². The van der Waals surface area contributed by atoms with E-state index in [1.165, 1.54) is 167 Å². The van der Waals surface area contributed by atoms with Crippen molar-refractivity contribution in [1.82, 2.24) is 0 Å². The lowest BCUT2D eigenvalue weighted by Gasteiger charge is -2.21. The highest BCUT2D eigenvalue weighted by Crippen LogP contribution is 2.45. The number of phosphoric acid groups is 2. The topological polar surface area (TPSA) is 237 Å². The Morgan fingerprint density at radius 1 is 0.315 bits per heavy atom. The lowest BCUT2D eigenvalue weighted by Crippen LogP contribution is -2.30. The highest BCUT2D eigenvalue weighted by Gasteiger charge is 2.30. The Balaban J connectivity index is 5.21. The number of carbonyl (C=O) groups excluding carboxylic acids is 4. The van der Waals surface area contributed by atoms with Crippen LogP contribution >= 0.6 is 15.6 Å². The van der Waals surface area contributed by atoms with Crippen LogP contribution in [0.4, 0.5) is 0 Å². The fourth-order valence-electron chi connectivity index (χ4n) is 11.0. The summed E-state index contributed by atoms with van der Waals surface area (Å²) < 4.78 is 68.3. The van der Waals surface area contributed by atoms with Crippen LogP contribution < -0.4 is 0 Å². The number of aliphatic hydroxyl groups excluding tert-OH is 1. The molecule has 0 aliphatic carbocycles. The molecule has 0 bridgehead atoms. The minimum absolute atomic E-state index is 0.104. The van der Waals surface area contributed by atoms with E-state index < -0.39 is 97.5 Å². The SMILES string of the molecule is CCCCCCCCCC(=O)OC[C@H](COP(=O)(O)OC[C@H](O)COP(=O)(O)OC[C@@H](COC(=O)CCCCCCCCCCCCCCC(C)C)OC(=O)CCCCCCCCCCCCCCCCC(C)CC)OC(=O)CCCCCCCCCCC(C)CC. The van der Waals surface area contributed by atoms with Crippen LogP contribution in [0.5, 0.6) is 0 Å². The van der Waals surface area contributed by atoms with Gasteiger partial charge in [-0.15, -0.1) is 0 Å². The molecule has 92 heavy (non-hydrogen) atoms. The Labute approximate surface area is 562 Å². The Kier molecular flexibility index (Phi) is 62.4. The molecular weight excluding hydrogens is 1210 g/mol. The smallest absolute Gasteiger partial charge is 0.462 e. The van der Waals surface area contributed by atoms with E-state index in [-0.39, 0.29) is 25.7 Å². The molecule has 0 saturated carbocycles. The van der Waals surface area contributed by atoms with Crippen molar-refractivity contribution in [3.8, 4) is 0 Å². The summed E-state index contributed by atoms with van der Waals surface area (Å²) in [6.07, 6.45) is 48.6. The van der Waals surface area contributed by atoms with Gasteiger partial charge in [-0.2, -0.15) is 0 Å². The first-order valence-electron chi connectivity index (χ1n) is 37.9. The maximum absolute atomic E-state index is 13.1. The molecule has 0 saturated heterocycles. The Hall–Kier alpha value is -1.94. The van der Waals surface area contributed by atoms with E-state index in [1.54, 1.807) is 0 Å². The molecule has 0 radical (unpaired) electrons. The van der Waals surface area contributed by atoms with Gasteiger partial charge in [0.05, 0.1) is 26.4 Å². The first-order chi connectivity index (χ1) is 44.3. The number of carbonyl (C=O) groups is 4. The second kappa shape index (κ2) is 63.8. The molecule has 546 valence electrons. The van der Waals surface area contributed by atoms with Crippen LogP contribution in [0.3, 0.4) is 0 Å². The molecule has 0 amide bonds. The van der Waals surface area contributed by atoms with Crippen molar-refractivity contribution >= 4 is 39.5 Å². The van der Waals surface area contributed by atoms with Gasteiger partial charge in [-0.3, -0.25) is 37.3 Å². The number of ether oxygens (including phenoxy) is 4. The number of aliphatic hydroxyl groups is 1. The zero-order valence-electron chi connectivity index (χ0n) is 60.0. The van der Waals surface area contributed by atoms with Gasteiger partial charge < -0.3 is 33.8 Å². The quantitative estimate of drug-likeness (QED) is 0.0222. The Morgan fingerprint density at radius 2 is 0.554 bits per heavy atom. The molecule has 0 aromatic rings. The summed E-state index contributed by atoms with van der Waals surface area (Å²) in [5, 5.41) is 10.6. The summed E-state index contributed by atoms with van der Waals surface area (Å²) in [6.45, 7) is 11.9. The molecule has 0 heterocycles. The molecule has 7 atom stereocenters. The molecule has 0 fully saturated rings. The lowest BCUT2D eigenvalue weighted by molar-refractivity contribution is -0.161. The van der Waals surface area contributed by atoms with Gasteiger partial charge in [0.25, 0.3) is 0 Å². The number of phosphoric ester groups is 2. The van der Waals surface area contributed by atoms with Gasteiger partial charge >= 0.3 is 39.5 Å². The van der Waals surface area contributed by atoms with Crippen LogP contribution in [0, 0.1) is 17.8 Å². The summed E-state index contributed by atoms with van der Waals surface area (Å²) in [5.41, 5.74) is 0. The summed E-state index contributed by atoms with van der Waals surface area (Å²) in [4.78, 5) is 72.6. The first kappa shape index (κ1) is 90.1. The highest BCUT2D eigenvalue weighted by molar-refractivity contribution is 7.47. The molecule has 0 spiro atoms. The molecule has 17 nitrogen and oxygen atoms in total. The van der Waals surface area contributed by atoms with Gasteiger partial charge in [0.2, 0.25) is 0 Å². The maximum atomic E-state index is 13.1. The molecule has 19 heteroatoms. The number of hydrogen-bond acceptors (Lipinski definition) is 15. The third-order valence-corrected chi connectivity index (χ3v) is 19.5. The average Bonchev–Trinajstić information content (AvgIpc) is 2.53. The number of hydrogen-bond donors (Lipinski definition) is 3. The monoisotopic (exact) mass is 1350 g/mol. The van der Waals surface area contributed by atoms with Gasteiger partial charge in [-0.05, 0) is 43.4 Å². The van der Waals surface area contributed by atoms with Crippen LogP contribution in [-0.4, -0.2) is 96.7 Å². The number of esters is 4. The zero-order chi connectivity index (χ0) is 68.0. The maximum Gasteiger partial charge on any atom is 0.472 e. The molecule has 0 aromatic heterocycles. The van der Waals surface area contributed by atoms with Gasteiger partial charge in [0.15, 0.2) is 12.2 Å². The van der Waals surface area contributed by atoms with E-state index in [1.807, 2.05) is 0 Å². The summed E-state index contributed by atoms with van der Waals surface area (Å²) in [5.74, 6) is 0.270. The minimum Gasteiger partial charge on any atom is -0.462 e. The van der Waals surface area contributed by atoms with Crippen LogP contribution in [0.15, 0.2) is 0 Å². The van der Waals surface area contributed by atoms with Crippen LogP contribution in [0.25, 0.3) is 0 Å². The fourth-order valence-corrected chi connectivity index (χ4v) is 12.6. The van der Waals surface area contributed by atoms with E-state index in [4.69, 9.17) is 37.0 Å². The molecule has 4 unspecified atom stereocenters. The van der Waals surface area contributed by atoms with Crippen LogP contribution in [0.2, 0.25) is 0 Å². The summed E-state index contributed by atoms with van der Waals surface area (Å²) in [6, 6.07) is 0. The first-order valence-corrected chi connectivity index (χ1v) is 40.9. The van der Waals surface area contributed by atoms with Crippen molar-refractivity contribution in [2.24, 2.45) is 17.8 Å². The normalized spacial score (nSPS) is 14.7. The predicted molar refractivity (Wildman–Crippen MR) is 372 cm³/mol. The molecule has 0 rings (SSSR count). The largest absolute Gasteiger partial charge is 0.472 e. The van der Waals surface area contributed by atoms with Crippen LogP contribution in [0.1, 0.15) is 370 Å². The van der Waals surface area contributed by atoms with Crippen LogP contribution in [-0.2, 0) is 65.4 Å². The van der Waals surface area contributed by atoms with E-state index in [0.717, 1.165) is 120 Å². The van der Waals surface area contributed by atoms with E-state index in [0.29, 0.717) is 25.7 Å². The Bertz CT molecular complexity index is 1810. The van der Waals surface area contributed by atoms with Crippen molar-refractivity contribution in [3.63, 3.8) is 0 Å². The lowest BCUT2D eigenvalue weighted by atomic mass is 9.99. The van der Waals surface area contributed by atoms with Gasteiger partial charge in [0.1, 0.15) is 19.3 Å². The fraction of sp³-hybridized carbons (Fsp3) is 0.945. The van der Waals surface area contributed by atoms with Crippen molar-refractivity contribution < 1.29 is 80.2 Å². The van der Waals surface area contributed by atoms with Crippen molar-refractivity contribution in [3.05, 3.63) is 0 Å². The van der Waals surface area contributed by atoms with E-state index in [9.17, 15) is 43.2 Å².